The van der Waals surface area contributed by atoms with Crippen LogP contribution in [0, 0.1) is 0 Å². The van der Waals surface area contributed by atoms with Gasteiger partial charge in [-0.1, -0.05) is 0 Å². The summed E-state index contributed by atoms with van der Waals surface area (Å²) in [7, 11) is 0. The molecule has 3 heteroatoms. The minimum absolute atomic E-state index is 0.427. The first-order valence-electron chi connectivity index (χ1n) is 6.07. The second kappa shape index (κ2) is 4.64. The predicted molar refractivity (Wildman–Crippen MR) is 66.5 cm³/mol. The number of thioether (sulfide) groups is 1. The zero-order chi connectivity index (χ0) is 10.9. The largest absolute Gasteiger partial charge is 0.375 e. The van der Waals surface area contributed by atoms with Crippen LogP contribution in [0.3, 0.4) is 0 Å². The van der Waals surface area contributed by atoms with Gasteiger partial charge < -0.3 is 10.1 Å². The molecular weight excluding hydrogens is 206 g/mol. The summed E-state index contributed by atoms with van der Waals surface area (Å²) in [5, 5.41) is 3.74. The van der Waals surface area contributed by atoms with E-state index < -0.39 is 0 Å². The van der Waals surface area contributed by atoms with Gasteiger partial charge in [0.1, 0.15) is 0 Å². The molecule has 0 aromatic heterocycles. The van der Waals surface area contributed by atoms with Crippen molar-refractivity contribution in [3.63, 3.8) is 0 Å². The molecule has 0 bridgehead atoms. The lowest BCUT2D eigenvalue weighted by Gasteiger charge is -2.33. The first kappa shape index (κ1) is 11.7. The van der Waals surface area contributed by atoms with Crippen molar-refractivity contribution in [1.82, 2.24) is 5.32 Å². The molecule has 15 heavy (non-hydrogen) atoms. The number of hydrogen-bond acceptors (Lipinski definition) is 3. The van der Waals surface area contributed by atoms with Gasteiger partial charge in [-0.3, -0.25) is 0 Å². The van der Waals surface area contributed by atoms with Crippen molar-refractivity contribution in [2.75, 3.05) is 12.8 Å². The third-order valence-electron chi connectivity index (χ3n) is 3.65. The van der Waals surface area contributed by atoms with Gasteiger partial charge in [0.25, 0.3) is 0 Å². The maximum absolute atomic E-state index is 5.75. The maximum Gasteiger partial charge on any atom is 0.0565 e. The number of rotatable bonds is 4. The van der Waals surface area contributed by atoms with Gasteiger partial charge in [-0.25, -0.2) is 0 Å². The molecular formula is C12H23NOS. The lowest BCUT2D eigenvalue weighted by atomic mass is 10.00. The van der Waals surface area contributed by atoms with Gasteiger partial charge in [0.15, 0.2) is 0 Å². The third kappa shape index (κ3) is 3.11. The Morgan fingerprint density at radius 2 is 1.87 bits per heavy atom. The average molecular weight is 229 g/mol. The van der Waals surface area contributed by atoms with Crippen molar-refractivity contribution in [1.29, 1.82) is 0 Å². The summed E-state index contributed by atoms with van der Waals surface area (Å²) in [6.07, 6.45) is 8.24. The average Bonchev–Trinajstić information content (AvgIpc) is 2.94. The summed E-state index contributed by atoms with van der Waals surface area (Å²) >= 11 is 2.03. The van der Waals surface area contributed by atoms with Crippen LogP contribution < -0.4 is 5.32 Å². The van der Waals surface area contributed by atoms with E-state index in [1.165, 1.54) is 32.2 Å². The summed E-state index contributed by atoms with van der Waals surface area (Å²) < 4.78 is 6.33. The lowest BCUT2D eigenvalue weighted by Crippen LogP contribution is -2.43. The fourth-order valence-corrected chi connectivity index (χ4v) is 3.23. The molecule has 0 aromatic carbocycles. The highest BCUT2D eigenvalue weighted by Crippen LogP contribution is 2.46. The molecule has 0 aromatic rings. The van der Waals surface area contributed by atoms with Gasteiger partial charge in [-0.05, 0) is 45.8 Å². The Labute approximate surface area is 97.5 Å². The molecule has 1 heterocycles. The second-order valence-corrected chi connectivity index (χ2v) is 6.47. The smallest absolute Gasteiger partial charge is 0.0565 e. The third-order valence-corrected chi connectivity index (χ3v) is 5.07. The molecule has 1 N–H and O–H groups in total. The summed E-state index contributed by atoms with van der Waals surface area (Å²) in [4.78, 5) is 0. The molecule has 2 aliphatic rings. The molecule has 1 aliphatic heterocycles. The molecule has 0 radical (unpaired) electrons. The van der Waals surface area contributed by atoms with Crippen molar-refractivity contribution in [3.8, 4) is 0 Å². The molecule has 2 atom stereocenters. The van der Waals surface area contributed by atoms with Crippen molar-refractivity contribution in [3.05, 3.63) is 0 Å². The molecule has 1 aliphatic carbocycles. The monoisotopic (exact) mass is 229 g/mol. The fraction of sp³-hybridized carbons (Fsp3) is 1.00. The van der Waals surface area contributed by atoms with E-state index in [1.807, 2.05) is 11.8 Å². The van der Waals surface area contributed by atoms with Crippen LogP contribution in [-0.4, -0.2) is 35.8 Å². The summed E-state index contributed by atoms with van der Waals surface area (Å²) in [6.45, 7) is 5.57. The molecule has 1 saturated heterocycles. The molecule has 0 spiro atoms. The topological polar surface area (TPSA) is 21.3 Å². The first-order valence-corrected chi connectivity index (χ1v) is 7.30. The fourth-order valence-electron chi connectivity index (χ4n) is 2.49. The number of hydrogen-bond donors (Lipinski definition) is 1. The van der Waals surface area contributed by atoms with Crippen LogP contribution in [0.4, 0.5) is 0 Å². The standard InChI is InChI=1S/C12H23NOS/c1-9-6-11(7-10(2)14-9)13-8-12(15-3)4-5-12/h9-11,13H,4-8H2,1-3H3. The van der Waals surface area contributed by atoms with Crippen LogP contribution in [0.2, 0.25) is 0 Å². The predicted octanol–water partition coefficient (Wildman–Crippen LogP) is 2.43. The minimum atomic E-state index is 0.427. The van der Waals surface area contributed by atoms with E-state index in [0.29, 0.717) is 23.0 Å². The zero-order valence-electron chi connectivity index (χ0n) is 10.1. The molecule has 2 unspecified atom stereocenters. The highest BCUT2D eigenvalue weighted by atomic mass is 32.2. The number of ether oxygens (including phenoxy) is 1. The maximum atomic E-state index is 5.75. The quantitative estimate of drug-likeness (QED) is 0.800. The molecule has 0 amide bonds. The Morgan fingerprint density at radius 3 is 2.33 bits per heavy atom. The highest BCUT2D eigenvalue weighted by molar-refractivity contribution is 8.00. The van der Waals surface area contributed by atoms with E-state index >= 15 is 0 Å². The van der Waals surface area contributed by atoms with Gasteiger partial charge in [-0.15, -0.1) is 0 Å². The van der Waals surface area contributed by atoms with Crippen LogP contribution in [0.15, 0.2) is 0 Å². The highest BCUT2D eigenvalue weighted by Gasteiger charge is 2.42. The van der Waals surface area contributed by atoms with Gasteiger partial charge in [0.2, 0.25) is 0 Å². The van der Waals surface area contributed by atoms with Gasteiger partial charge in [0, 0.05) is 17.3 Å². The van der Waals surface area contributed by atoms with E-state index in [0.717, 1.165) is 0 Å². The van der Waals surface area contributed by atoms with Crippen molar-refractivity contribution < 1.29 is 4.74 Å². The van der Waals surface area contributed by atoms with Crippen molar-refractivity contribution in [2.24, 2.45) is 0 Å². The van der Waals surface area contributed by atoms with Crippen molar-refractivity contribution in [2.45, 2.75) is 62.5 Å². The van der Waals surface area contributed by atoms with Crippen LogP contribution in [0.1, 0.15) is 39.5 Å². The Hall–Kier alpha value is 0.270. The van der Waals surface area contributed by atoms with E-state index in [4.69, 9.17) is 4.74 Å². The summed E-state index contributed by atoms with van der Waals surface area (Å²) in [5.74, 6) is 0. The Balaban J connectivity index is 1.74. The summed E-state index contributed by atoms with van der Waals surface area (Å²) in [6, 6.07) is 0.674. The van der Waals surface area contributed by atoms with Crippen LogP contribution in [0.5, 0.6) is 0 Å². The van der Waals surface area contributed by atoms with Crippen LogP contribution in [-0.2, 0) is 4.74 Å². The molecule has 2 rings (SSSR count). The summed E-state index contributed by atoms with van der Waals surface area (Å²) in [5.41, 5.74) is 0. The molecule has 2 fully saturated rings. The molecule has 1 saturated carbocycles. The van der Waals surface area contributed by atoms with Crippen LogP contribution >= 0.6 is 11.8 Å². The van der Waals surface area contributed by atoms with Crippen molar-refractivity contribution >= 4 is 11.8 Å². The van der Waals surface area contributed by atoms with Gasteiger partial charge in [0.05, 0.1) is 12.2 Å². The van der Waals surface area contributed by atoms with E-state index in [1.54, 1.807) is 0 Å². The van der Waals surface area contributed by atoms with Gasteiger partial charge in [-0.2, -0.15) is 11.8 Å². The Kier molecular flexibility index (Phi) is 3.63. The minimum Gasteiger partial charge on any atom is -0.375 e. The normalized spacial score (nSPS) is 39.0. The molecule has 2 nitrogen and oxygen atoms in total. The SMILES string of the molecule is CSC1(CNC2CC(C)OC(C)C2)CC1. The van der Waals surface area contributed by atoms with E-state index in [9.17, 15) is 0 Å². The Morgan fingerprint density at radius 1 is 1.27 bits per heavy atom. The van der Waals surface area contributed by atoms with Crippen LogP contribution in [0.25, 0.3) is 0 Å². The first-order chi connectivity index (χ1) is 7.13. The zero-order valence-corrected chi connectivity index (χ0v) is 10.9. The van der Waals surface area contributed by atoms with E-state index in [-0.39, 0.29) is 0 Å². The lowest BCUT2D eigenvalue weighted by molar-refractivity contribution is -0.0420. The molecule has 88 valence electrons. The second-order valence-electron chi connectivity index (χ2n) is 5.19. The van der Waals surface area contributed by atoms with Gasteiger partial charge >= 0.3 is 0 Å². The Bertz CT molecular complexity index is 208. The van der Waals surface area contributed by atoms with E-state index in [2.05, 4.69) is 25.4 Å². The number of nitrogens with one attached hydrogen (secondary N) is 1.